The van der Waals surface area contributed by atoms with Crippen molar-refractivity contribution in [1.82, 2.24) is 0 Å². The van der Waals surface area contributed by atoms with Gasteiger partial charge >= 0.3 is 0 Å². The van der Waals surface area contributed by atoms with E-state index in [-0.39, 0.29) is 28.3 Å². The Labute approximate surface area is 176 Å². The Bertz CT molecular complexity index is 809. The third-order valence-corrected chi connectivity index (χ3v) is 12.3. The molecule has 2 bridgehead atoms. The van der Waals surface area contributed by atoms with Crippen molar-refractivity contribution in [1.29, 1.82) is 0 Å². The van der Waals surface area contributed by atoms with E-state index in [1.165, 1.54) is 10.4 Å². The smallest absolute Gasteiger partial charge is 0.261 e. The van der Waals surface area contributed by atoms with Crippen LogP contribution in [0.25, 0.3) is 0 Å². The van der Waals surface area contributed by atoms with Crippen LogP contribution in [0.3, 0.4) is 0 Å². The highest BCUT2D eigenvalue weighted by atomic mass is 28.4. The molecule has 3 aliphatic rings. The summed E-state index contributed by atoms with van der Waals surface area (Å²) in [4.78, 5) is 0. The zero-order valence-corrected chi connectivity index (χ0v) is 19.4. The number of aliphatic hydroxyl groups is 1. The van der Waals surface area contributed by atoms with Gasteiger partial charge in [0.05, 0.1) is 17.8 Å². The molecule has 3 fully saturated rings. The van der Waals surface area contributed by atoms with Gasteiger partial charge in [-0.2, -0.15) is 0 Å². The molecule has 0 spiro atoms. The first-order valence-corrected chi connectivity index (χ1v) is 12.6. The van der Waals surface area contributed by atoms with Gasteiger partial charge in [0.25, 0.3) is 8.32 Å². The lowest BCUT2D eigenvalue weighted by atomic mass is 9.57. The van der Waals surface area contributed by atoms with Crippen LogP contribution in [0.1, 0.15) is 47.5 Å². The molecule has 0 atom stereocenters. The predicted molar refractivity (Wildman–Crippen MR) is 120 cm³/mol. The van der Waals surface area contributed by atoms with Crippen molar-refractivity contribution in [2.45, 2.75) is 63.7 Å². The van der Waals surface area contributed by atoms with Gasteiger partial charge in [0.2, 0.25) is 0 Å². The Morgan fingerprint density at radius 1 is 0.931 bits per heavy atom. The minimum absolute atomic E-state index is 0.0340. The number of fused-ring (bicyclic) bond motifs is 1. The number of hydrogen-bond acceptors (Lipinski definition) is 3. The van der Waals surface area contributed by atoms with Crippen molar-refractivity contribution in [3.63, 3.8) is 0 Å². The molecular formula is C25H34O3Si. The lowest BCUT2D eigenvalue weighted by Gasteiger charge is -2.50. The van der Waals surface area contributed by atoms with Gasteiger partial charge < -0.3 is 14.3 Å². The molecule has 2 aliphatic heterocycles. The lowest BCUT2D eigenvalue weighted by Crippen LogP contribution is -2.68. The van der Waals surface area contributed by atoms with E-state index in [2.05, 4.69) is 95.3 Å². The molecule has 2 aromatic carbocycles. The maximum atomic E-state index is 9.87. The Morgan fingerprint density at radius 2 is 1.41 bits per heavy atom. The SMILES string of the molecule is CC1(C)OC2(CO)CC1(CO[Si](c1ccccc1)(c1ccccc1)C(C)(C)C)C2. The molecule has 29 heavy (non-hydrogen) atoms. The normalized spacial score (nSPS) is 28.2. The van der Waals surface area contributed by atoms with Crippen LogP contribution in [0, 0.1) is 5.41 Å². The fraction of sp³-hybridized carbons (Fsp3) is 0.520. The van der Waals surface area contributed by atoms with E-state index in [4.69, 9.17) is 9.16 Å². The Morgan fingerprint density at radius 3 is 1.79 bits per heavy atom. The summed E-state index contributed by atoms with van der Waals surface area (Å²) in [6.07, 6.45) is 1.75. The molecular weight excluding hydrogens is 376 g/mol. The Kier molecular flexibility index (Phi) is 4.86. The van der Waals surface area contributed by atoms with Gasteiger partial charge in [-0.05, 0) is 42.1 Å². The van der Waals surface area contributed by atoms with Gasteiger partial charge in [0.15, 0.2) is 0 Å². The molecule has 5 rings (SSSR count). The highest BCUT2D eigenvalue weighted by Gasteiger charge is 2.71. The molecule has 2 saturated heterocycles. The second-order valence-electron chi connectivity index (χ2n) is 10.5. The van der Waals surface area contributed by atoms with Crippen LogP contribution in [-0.4, -0.2) is 37.8 Å². The molecule has 0 aromatic heterocycles. The van der Waals surface area contributed by atoms with E-state index in [0.29, 0.717) is 6.61 Å². The Hall–Kier alpha value is -1.46. The van der Waals surface area contributed by atoms with Gasteiger partial charge in [-0.15, -0.1) is 0 Å². The van der Waals surface area contributed by atoms with Crippen molar-refractivity contribution >= 4 is 18.7 Å². The number of benzene rings is 2. The third kappa shape index (κ3) is 3.04. The number of hydrogen-bond donors (Lipinski definition) is 1. The van der Waals surface area contributed by atoms with Crippen LogP contribution in [-0.2, 0) is 9.16 Å². The molecule has 0 radical (unpaired) electrons. The Balaban J connectivity index is 1.76. The van der Waals surface area contributed by atoms with Crippen molar-refractivity contribution in [2.24, 2.45) is 5.41 Å². The average molecular weight is 411 g/mol. The summed E-state index contributed by atoms with van der Waals surface area (Å²) < 4.78 is 13.5. The van der Waals surface area contributed by atoms with Crippen LogP contribution >= 0.6 is 0 Å². The number of rotatable bonds is 6. The van der Waals surface area contributed by atoms with Gasteiger partial charge in [0.1, 0.15) is 0 Å². The van der Waals surface area contributed by atoms with E-state index < -0.39 is 8.32 Å². The fourth-order valence-electron chi connectivity index (χ4n) is 5.76. The van der Waals surface area contributed by atoms with Crippen LogP contribution in [0.5, 0.6) is 0 Å². The topological polar surface area (TPSA) is 38.7 Å². The molecule has 2 aromatic rings. The summed E-state index contributed by atoms with van der Waals surface area (Å²) in [6, 6.07) is 21.6. The van der Waals surface area contributed by atoms with E-state index in [0.717, 1.165) is 12.8 Å². The van der Waals surface area contributed by atoms with E-state index in [1.807, 2.05) is 0 Å². The van der Waals surface area contributed by atoms with Gasteiger partial charge in [0, 0.05) is 12.0 Å². The minimum Gasteiger partial charge on any atom is -0.407 e. The first kappa shape index (κ1) is 20.8. The summed E-state index contributed by atoms with van der Waals surface area (Å²) in [7, 11) is -2.55. The number of ether oxygens (including phenoxy) is 1. The fourth-order valence-corrected chi connectivity index (χ4v) is 10.4. The maximum Gasteiger partial charge on any atom is 0.261 e. The van der Waals surface area contributed by atoms with Crippen molar-refractivity contribution in [3.8, 4) is 0 Å². The molecule has 2 heterocycles. The molecule has 4 heteroatoms. The van der Waals surface area contributed by atoms with E-state index in [1.54, 1.807) is 0 Å². The molecule has 0 amide bonds. The largest absolute Gasteiger partial charge is 0.407 e. The molecule has 1 aliphatic carbocycles. The van der Waals surface area contributed by atoms with Gasteiger partial charge in [-0.25, -0.2) is 0 Å². The number of aliphatic hydroxyl groups excluding tert-OH is 1. The highest BCUT2D eigenvalue weighted by molar-refractivity contribution is 6.99. The first-order chi connectivity index (χ1) is 13.6. The lowest BCUT2D eigenvalue weighted by molar-refractivity contribution is -0.0861. The molecule has 156 valence electrons. The average Bonchev–Trinajstić information content (AvgIpc) is 3.02. The standard InChI is InChI=1S/C25H34O3Si/c1-22(2,3)29(20-12-8-6-9-13-20,21-14-10-7-11-15-21)27-19-24-16-25(17-24,18-26)28-23(24,4)5/h6-15,26H,16-19H2,1-5H3. The summed E-state index contributed by atoms with van der Waals surface area (Å²) in [6.45, 7) is 12.0. The third-order valence-electron chi connectivity index (χ3n) is 7.34. The van der Waals surface area contributed by atoms with Crippen molar-refractivity contribution < 1.29 is 14.3 Å². The summed E-state index contributed by atoms with van der Waals surface area (Å²) in [5.41, 5.74) is -0.692. The zero-order valence-electron chi connectivity index (χ0n) is 18.4. The predicted octanol–water partition coefficient (Wildman–Crippen LogP) is 3.88. The molecule has 1 N–H and O–H groups in total. The minimum atomic E-state index is -2.55. The van der Waals surface area contributed by atoms with Gasteiger partial charge in [-0.1, -0.05) is 81.4 Å². The quantitative estimate of drug-likeness (QED) is 0.735. The molecule has 1 saturated carbocycles. The van der Waals surface area contributed by atoms with Crippen LogP contribution in [0.2, 0.25) is 5.04 Å². The summed E-state index contributed by atoms with van der Waals surface area (Å²) >= 11 is 0. The van der Waals surface area contributed by atoms with Crippen LogP contribution < -0.4 is 10.4 Å². The van der Waals surface area contributed by atoms with Crippen LogP contribution in [0.15, 0.2) is 60.7 Å². The van der Waals surface area contributed by atoms with E-state index >= 15 is 0 Å². The van der Waals surface area contributed by atoms with Crippen LogP contribution in [0.4, 0.5) is 0 Å². The molecule has 0 unspecified atom stereocenters. The highest BCUT2D eigenvalue weighted by Crippen LogP contribution is 2.66. The zero-order chi connectivity index (χ0) is 21.0. The summed E-state index contributed by atoms with van der Waals surface area (Å²) in [5, 5.41) is 12.4. The van der Waals surface area contributed by atoms with Gasteiger partial charge in [-0.3, -0.25) is 0 Å². The first-order valence-electron chi connectivity index (χ1n) is 10.7. The second kappa shape index (κ2) is 6.78. The van der Waals surface area contributed by atoms with E-state index in [9.17, 15) is 5.11 Å². The van der Waals surface area contributed by atoms with Crippen molar-refractivity contribution in [2.75, 3.05) is 13.2 Å². The second-order valence-corrected chi connectivity index (χ2v) is 14.8. The molecule has 3 nitrogen and oxygen atoms in total. The summed E-state index contributed by atoms with van der Waals surface area (Å²) in [5.74, 6) is 0. The monoisotopic (exact) mass is 410 g/mol. The maximum absolute atomic E-state index is 9.87. The van der Waals surface area contributed by atoms with Crippen molar-refractivity contribution in [3.05, 3.63) is 60.7 Å².